The lowest BCUT2D eigenvalue weighted by molar-refractivity contribution is -0.218. The van der Waals surface area contributed by atoms with Crippen molar-refractivity contribution < 1.29 is 27.2 Å². The summed E-state index contributed by atoms with van der Waals surface area (Å²) in [5, 5.41) is 6.17. The van der Waals surface area contributed by atoms with Gasteiger partial charge in [-0.1, -0.05) is 23.2 Å². The fourth-order valence-electron chi connectivity index (χ4n) is 2.50. The number of rotatable bonds is 3. The predicted molar refractivity (Wildman–Crippen MR) is 79.2 cm³/mol. The average Bonchev–Trinajstić information content (AvgIpc) is 2.86. The number of hydrogen-bond donors (Lipinski definition) is 1. The van der Waals surface area contributed by atoms with E-state index in [9.17, 15) is 18.0 Å². The van der Waals surface area contributed by atoms with E-state index in [1.165, 1.54) is 24.3 Å². The Morgan fingerprint density at radius 2 is 1.96 bits per heavy atom. The first kappa shape index (κ1) is 16.6. The number of amides is 1. The van der Waals surface area contributed by atoms with Gasteiger partial charge in [0.1, 0.15) is 11.2 Å². The van der Waals surface area contributed by atoms with Gasteiger partial charge in [0, 0.05) is 11.1 Å². The van der Waals surface area contributed by atoms with Crippen molar-refractivity contribution in [3.63, 3.8) is 0 Å². The van der Waals surface area contributed by atoms with Crippen LogP contribution in [-0.2, 0) is 5.41 Å². The summed E-state index contributed by atoms with van der Waals surface area (Å²) in [4.78, 5) is 11.7. The van der Waals surface area contributed by atoms with Crippen molar-refractivity contribution in [2.45, 2.75) is 30.9 Å². The van der Waals surface area contributed by atoms with Crippen LogP contribution in [0.5, 0.6) is 5.75 Å². The summed E-state index contributed by atoms with van der Waals surface area (Å²) in [7, 11) is 0. The Bertz CT molecular complexity index is 739. The number of carbonyl (C=O) groups is 1. The molecule has 2 aromatic rings. The first-order chi connectivity index (χ1) is 11.3. The molecule has 128 valence electrons. The quantitative estimate of drug-likeness (QED) is 0.843. The Morgan fingerprint density at radius 1 is 1.29 bits per heavy atom. The van der Waals surface area contributed by atoms with Crippen molar-refractivity contribution in [2.24, 2.45) is 0 Å². The minimum Gasteiger partial charge on any atom is -0.410 e. The van der Waals surface area contributed by atoms with E-state index < -0.39 is 17.7 Å². The molecule has 1 aromatic carbocycles. The summed E-state index contributed by atoms with van der Waals surface area (Å²) in [6.07, 6.45) is -4.97. The van der Waals surface area contributed by atoms with Gasteiger partial charge in [-0.05, 0) is 37.1 Å². The molecule has 0 bridgehead atoms. The van der Waals surface area contributed by atoms with Gasteiger partial charge >= 0.3 is 12.3 Å². The number of nitrogens with one attached hydrogen (secondary N) is 1. The monoisotopic (exact) mass is 360 g/mol. The van der Waals surface area contributed by atoms with E-state index >= 15 is 0 Å². The molecule has 24 heavy (non-hydrogen) atoms. The average molecular weight is 361 g/mol. The smallest absolute Gasteiger partial charge is 0.410 e. The lowest BCUT2D eigenvalue weighted by Gasteiger charge is -2.40. The Balaban J connectivity index is 1.68. The van der Waals surface area contributed by atoms with Gasteiger partial charge in [-0.15, -0.1) is 0 Å². The van der Waals surface area contributed by atoms with Crippen LogP contribution >= 0.6 is 11.6 Å². The third-order valence-corrected chi connectivity index (χ3v) is 4.24. The molecule has 3 rings (SSSR count). The van der Waals surface area contributed by atoms with E-state index in [1.807, 2.05) is 0 Å². The zero-order chi connectivity index (χ0) is 17.4. The van der Waals surface area contributed by atoms with Gasteiger partial charge in [-0.2, -0.15) is 13.2 Å². The third kappa shape index (κ3) is 3.06. The molecule has 0 spiro atoms. The Hall–Kier alpha value is -2.22. The van der Waals surface area contributed by atoms with Crippen molar-refractivity contribution in [2.75, 3.05) is 5.32 Å². The van der Waals surface area contributed by atoms with Crippen LogP contribution in [0.3, 0.4) is 0 Å². The van der Waals surface area contributed by atoms with Crippen molar-refractivity contribution in [1.29, 1.82) is 0 Å². The van der Waals surface area contributed by atoms with Gasteiger partial charge in [-0.3, -0.25) is 5.32 Å². The van der Waals surface area contributed by atoms with Crippen molar-refractivity contribution >= 4 is 23.5 Å². The van der Waals surface area contributed by atoms with E-state index in [0.29, 0.717) is 11.4 Å². The number of anilines is 1. The van der Waals surface area contributed by atoms with E-state index in [0.717, 1.165) is 6.07 Å². The highest BCUT2D eigenvalue weighted by Gasteiger charge is 2.61. The van der Waals surface area contributed by atoms with Crippen LogP contribution in [0, 0.1) is 0 Å². The molecule has 9 heteroatoms. The van der Waals surface area contributed by atoms with Crippen LogP contribution in [0.4, 0.5) is 23.8 Å². The molecule has 5 nitrogen and oxygen atoms in total. The highest BCUT2D eigenvalue weighted by Crippen LogP contribution is 2.54. The highest BCUT2D eigenvalue weighted by molar-refractivity contribution is 6.30. The van der Waals surface area contributed by atoms with Gasteiger partial charge in [0.15, 0.2) is 11.6 Å². The first-order valence-electron chi connectivity index (χ1n) is 7.08. The number of alkyl halides is 3. The number of ether oxygens (including phenoxy) is 1. The molecule has 0 unspecified atom stereocenters. The standard InChI is InChI=1S/C15H12ClF3N2O3/c16-9-2-4-10(5-3-9)23-13(22)20-12-8-11(24-21-12)14(6-1-7-14)15(17,18)19/h2-5,8H,1,6-7H2,(H,20,21,22). The van der Waals surface area contributed by atoms with E-state index in [1.54, 1.807) is 0 Å². The maximum atomic E-state index is 13.2. The predicted octanol–water partition coefficient (Wildman–Crippen LogP) is 4.92. The molecule has 0 aliphatic heterocycles. The zero-order valence-electron chi connectivity index (χ0n) is 12.2. The molecule has 0 atom stereocenters. The summed E-state index contributed by atoms with van der Waals surface area (Å²) in [6, 6.07) is 7.09. The lowest BCUT2D eigenvalue weighted by Crippen LogP contribution is -2.47. The topological polar surface area (TPSA) is 64.4 Å². The molecule has 1 aliphatic rings. The number of hydrogen-bond acceptors (Lipinski definition) is 4. The zero-order valence-corrected chi connectivity index (χ0v) is 12.9. The number of carbonyl (C=O) groups excluding carboxylic acids is 1. The van der Waals surface area contributed by atoms with Gasteiger partial charge in [0.25, 0.3) is 0 Å². The van der Waals surface area contributed by atoms with Crippen LogP contribution in [0.25, 0.3) is 0 Å². The van der Waals surface area contributed by atoms with Crippen LogP contribution in [0.1, 0.15) is 25.0 Å². The second-order valence-electron chi connectivity index (χ2n) is 5.48. The summed E-state index contributed by atoms with van der Waals surface area (Å²) in [5.74, 6) is -0.214. The van der Waals surface area contributed by atoms with Crippen LogP contribution < -0.4 is 10.1 Å². The molecule has 1 aliphatic carbocycles. The first-order valence-corrected chi connectivity index (χ1v) is 7.46. The molecule has 1 amide bonds. The van der Waals surface area contributed by atoms with Gasteiger partial charge < -0.3 is 9.26 Å². The highest BCUT2D eigenvalue weighted by atomic mass is 35.5. The SMILES string of the molecule is O=C(Nc1cc(C2(C(F)(F)F)CCC2)on1)Oc1ccc(Cl)cc1. The minimum atomic E-state index is -4.42. The Labute approximate surface area is 139 Å². The van der Waals surface area contributed by atoms with Crippen LogP contribution in [-0.4, -0.2) is 17.4 Å². The number of benzene rings is 1. The van der Waals surface area contributed by atoms with Gasteiger partial charge in [0.2, 0.25) is 0 Å². The second kappa shape index (κ2) is 6.01. The number of aromatic nitrogens is 1. The molecule has 1 N–H and O–H groups in total. The van der Waals surface area contributed by atoms with E-state index in [2.05, 4.69) is 10.5 Å². The summed E-state index contributed by atoms with van der Waals surface area (Å²) >= 11 is 5.71. The maximum Gasteiger partial charge on any atom is 0.418 e. The molecule has 0 radical (unpaired) electrons. The molecular weight excluding hydrogens is 349 g/mol. The fourth-order valence-corrected chi connectivity index (χ4v) is 2.63. The summed E-state index contributed by atoms with van der Waals surface area (Å²) < 4.78 is 49.4. The molecule has 0 saturated heterocycles. The fraction of sp³-hybridized carbons (Fsp3) is 0.333. The Morgan fingerprint density at radius 3 is 2.50 bits per heavy atom. The molecule has 1 fully saturated rings. The summed E-state index contributed by atoms with van der Waals surface area (Å²) in [5.41, 5.74) is -2.01. The Kier molecular flexibility index (Phi) is 4.16. The third-order valence-electron chi connectivity index (χ3n) is 3.99. The second-order valence-corrected chi connectivity index (χ2v) is 5.91. The summed E-state index contributed by atoms with van der Waals surface area (Å²) in [6.45, 7) is 0. The largest absolute Gasteiger partial charge is 0.418 e. The molecule has 1 aromatic heterocycles. The van der Waals surface area contributed by atoms with Crippen molar-refractivity contribution in [1.82, 2.24) is 5.16 Å². The maximum absolute atomic E-state index is 13.2. The molecule has 1 saturated carbocycles. The van der Waals surface area contributed by atoms with Crippen molar-refractivity contribution in [3.05, 3.63) is 41.1 Å². The number of nitrogens with zero attached hydrogens (tertiary/aromatic N) is 1. The van der Waals surface area contributed by atoms with Crippen LogP contribution in [0.15, 0.2) is 34.9 Å². The van der Waals surface area contributed by atoms with Gasteiger partial charge in [-0.25, -0.2) is 4.79 Å². The van der Waals surface area contributed by atoms with E-state index in [4.69, 9.17) is 20.9 Å². The van der Waals surface area contributed by atoms with Crippen LogP contribution in [0.2, 0.25) is 5.02 Å². The normalized spacial score (nSPS) is 16.3. The van der Waals surface area contributed by atoms with Crippen molar-refractivity contribution in [3.8, 4) is 5.75 Å². The minimum absolute atomic E-state index is 0.0552. The van der Waals surface area contributed by atoms with E-state index in [-0.39, 0.29) is 30.2 Å². The molecular formula is C15H12ClF3N2O3. The molecule has 1 heterocycles. The lowest BCUT2D eigenvalue weighted by atomic mass is 9.66. The van der Waals surface area contributed by atoms with Gasteiger partial charge in [0.05, 0.1) is 0 Å². The number of halogens is 4.